The summed E-state index contributed by atoms with van der Waals surface area (Å²) in [4.78, 5) is 28.1. The van der Waals surface area contributed by atoms with Crippen LogP contribution in [0.25, 0.3) is 11.0 Å². The second-order valence-electron chi connectivity index (χ2n) is 8.52. The van der Waals surface area contributed by atoms with Crippen molar-refractivity contribution in [3.8, 4) is 0 Å². The van der Waals surface area contributed by atoms with Gasteiger partial charge in [-0.25, -0.2) is 0 Å². The number of aliphatic hydroxyl groups excluding tert-OH is 1. The lowest BCUT2D eigenvalue weighted by Crippen LogP contribution is -2.31. The van der Waals surface area contributed by atoms with Crippen molar-refractivity contribution in [2.45, 2.75) is 38.6 Å². The number of benzene rings is 2. The molecule has 4 rings (SSSR count). The van der Waals surface area contributed by atoms with Crippen molar-refractivity contribution in [3.05, 3.63) is 81.2 Å². The Morgan fingerprint density at radius 3 is 2.38 bits per heavy atom. The molecule has 1 atom stereocenters. The zero-order valence-corrected chi connectivity index (χ0v) is 16.9. The molecule has 0 saturated carbocycles. The monoisotopic (exact) mass is 391 g/mol. The number of hydrogen-bond acceptors (Lipinski definition) is 4. The minimum Gasteiger partial charge on any atom is -0.450 e. The van der Waals surface area contributed by atoms with Crippen molar-refractivity contribution >= 4 is 16.9 Å². The predicted molar refractivity (Wildman–Crippen MR) is 112 cm³/mol. The molecule has 0 fully saturated rings. The lowest BCUT2D eigenvalue weighted by atomic mass is 9.86. The van der Waals surface area contributed by atoms with Crippen molar-refractivity contribution in [1.29, 1.82) is 0 Å². The molecule has 5 heteroatoms. The lowest BCUT2D eigenvalue weighted by Gasteiger charge is -2.26. The number of rotatable bonds is 4. The van der Waals surface area contributed by atoms with Gasteiger partial charge in [0, 0.05) is 13.2 Å². The largest absolute Gasteiger partial charge is 0.450 e. The zero-order chi connectivity index (χ0) is 20.8. The number of carbonyl (C=O) groups is 1. The molecule has 1 amide bonds. The molecule has 0 bridgehead atoms. The highest BCUT2D eigenvalue weighted by molar-refractivity contribution is 5.99. The van der Waals surface area contributed by atoms with Gasteiger partial charge < -0.3 is 14.4 Å². The summed E-state index contributed by atoms with van der Waals surface area (Å²) < 4.78 is 5.88. The number of carbonyl (C=O) groups excluding carboxylic acids is 1. The standard InChI is InChI=1S/C24H25NO4/c1-24(2,3)16-11-9-15(10-12-16)20-19-21(27)17-7-4-5-8-18(17)29-22(19)23(28)25(20)13-6-14-26/h4-5,7-12,20,26H,6,13-14H2,1-3H3. The Balaban J connectivity index is 1.90. The van der Waals surface area contributed by atoms with Gasteiger partial charge in [0.15, 0.2) is 5.43 Å². The van der Waals surface area contributed by atoms with Crippen molar-refractivity contribution in [3.63, 3.8) is 0 Å². The smallest absolute Gasteiger partial charge is 0.290 e. The molecule has 0 radical (unpaired) electrons. The fourth-order valence-corrected chi connectivity index (χ4v) is 3.95. The fraction of sp³-hybridized carbons (Fsp3) is 0.333. The third-order valence-electron chi connectivity index (χ3n) is 5.52. The first kappa shape index (κ1) is 19.4. The van der Waals surface area contributed by atoms with Gasteiger partial charge >= 0.3 is 0 Å². The van der Waals surface area contributed by atoms with E-state index in [0.717, 1.165) is 5.56 Å². The predicted octanol–water partition coefficient (Wildman–Crippen LogP) is 4.02. The Hall–Kier alpha value is -2.92. The van der Waals surface area contributed by atoms with E-state index in [1.54, 1.807) is 29.2 Å². The molecule has 1 unspecified atom stereocenters. The molecule has 2 aromatic carbocycles. The first-order valence-electron chi connectivity index (χ1n) is 9.91. The third-order valence-corrected chi connectivity index (χ3v) is 5.52. The fourth-order valence-electron chi connectivity index (χ4n) is 3.95. The van der Waals surface area contributed by atoms with E-state index in [2.05, 4.69) is 20.8 Å². The van der Waals surface area contributed by atoms with Crippen molar-refractivity contribution in [2.75, 3.05) is 13.2 Å². The molecule has 1 aliphatic rings. The molecule has 3 aromatic rings. The number of aliphatic hydroxyl groups is 1. The van der Waals surface area contributed by atoms with E-state index in [9.17, 15) is 14.7 Å². The SMILES string of the molecule is CC(C)(C)c1ccc(C2c3c(oc4ccccc4c3=O)C(=O)N2CCCO)cc1. The molecule has 1 N–H and O–H groups in total. The summed E-state index contributed by atoms with van der Waals surface area (Å²) in [5.74, 6) is -0.197. The van der Waals surface area contributed by atoms with Crippen LogP contribution in [0.5, 0.6) is 0 Å². The quantitative estimate of drug-likeness (QED) is 0.729. The van der Waals surface area contributed by atoms with Gasteiger partial charge in [-0.2, -0.15) is 0 Å². The molecule has 1 aliphatic heterocycles. The molecule has 1 aromatic heterocycles. The second-order valence-corrected chi connectivity index (χ2v) is 8.52. The lowest BCUT2D eigenvalue weighted by molar-refractivity contribution is 0.0716. The Kier molecular flexibility index (Phi) is 4.79. The van der Waals surface area contributed by atoms with Gasteiger partial charge in [0.1, 0.15) is 5.58 Å². The van der Waals surface area contributed by atoms with E-state index < -0.39 is 6.04 Å². The number of fused-ring (bicyclic) bond motifs is 2. The maximum Gasteiger partial charge on any atom is 0.290 e. The van der Waals surface area contributed by atoms with Crippen LogP contribution in [0.3, 0.4) is 0 Å². The average molecular weight is 391 g/mol. The summed E-state index contributed by atoms with van der Waals surface area (Å²) in [6, 6.07) is 14.5. The molecular formula is C24H25NO4. The number of nitrogens with zero attached hydrogens (tertiary/aromatic N) is 1. The van der Waals surface area contributed by atoms with E-state index in [0.29, 0.717) is 29.5 Å². The van der Waals surface area contributed by atoms with Crippen LogP contribution in [-0.4, -0.2) is 29.1 Å². The Morgan fingerprint density at radius 1 is 1.03 bits per heavy atom. The van der Waals surface area contributed by atoms with Crippen molar-refractivity contribution < 1.29 is 14.3 Å². The average Bonchev–Trinajstić information content (AvgIpc) is 2.98. The van der Waals surface area contributed by atoms with E-state index >= 15 is 0 Å². The summed E-state index contributed by atoms with van der Waals surface area (Å²) in [5.41, 5.74) is 2.68. The number of amides is 1. The van der Waals surface area contributed by atoms with Gasteiger partial charge in [0.05, 0.1) is 17.0 Å². The normalized spacial score (nSPS) is 16.5. The molecule has 0 spiro atoms. The van der Waals surface area contributed by atoms with Crippen LogP contribution in [0.1, 0.15) is 60.5 Å². The third kappa shape index (κ3) is 3.25. The first-order chi connectivity index (χ1) is 13.8. The minimum absolute atomic E-state index is 0.00768. The summed E-state index contributed by atoms with van der Waals surface area (Å²) >= 11 is 0. The summed E-state index contributed by atoms with van der Waals surface area (Å²) in [7, 11) is 0. The zero-order valence-electron chi connectivity index (χ0n) is 16.9. The van der Waals surface area contributed by atoms with Gasteiger partial charge in [0.25, 0.3) is 5.91 Å². The first-order valence-corrected chi connectivity index (χ1v) is 9.91. The topological polar surface area (TPSA) is 70.8 Å². The van der Waals surface area contributed by atoms with Crippen LogP contribution < -0.4 is 5.43 Å². The highest BCUT2D eigenvalue weighted by atomic mass is 16.3. The molecule has 5 nitrogen and oxygen atoms in total. The van der Waals surface area contributed by atoms with E-state index in [4.69, 9.17) is 4.42 Å². The Morgan fingerprint density at radius 2 is 1.72 bits per heavy atom. The summed E-state index contributed by atoms with van der Waals surface area (Å²) in [5, 5.41) is 9.77. The maximum absolute atomic E-state index is 13.3. The molecule has 150 valence electrons. The molecule has 0 aliphatic carbocycles. The van der Waals surface area contributed by atoms with Crippen molar-refractivity contribution in [1.82, 2.24) is 4.90 Å². The summed E-state index contributed by atoms with van der Waals surface area (Å²) in [6.07, 6.45) is 0.435. The van der Waals surface area contributed by atoms with Gasteiger partial charge in [-0.15, -0.1) is 0 Å². The van der Waals surface area contributed by atoms with Crippen LogP contribution in [0.15, 0.2) is 57.7 Å². The van der Waals surface area contributed by atoms with Crippen LogP contribution in [0.2, 0.25) is 0 Å². The van der Waals surface area contributed by atoms with Crippen LogP contribution >= 0.6 is 0 Å². The number of hydrogen-bond donors (Lipinski definition) is 1. The van der Waals surface area contributed by atoms with Gasteiger partial charge in [-0.1, -0.05) is 57.2 Å². The maximum atomic E-state index is 13.3. The summed E-state index contributed by atoms with van der Waals surface area (Å²) in [6.45, 7) is 6.75. The van der Waals surface area contributed by atoms with E-state index in [-0.39, 0.29) is 29.1 Å². The Bertz CT molecular complexity index is 1120. The van der Waals surface area contributed by atoms with Gasteiger partial charge in [-0.3, -0.25) is 9.59 Å². The Labute approximate surface area is 169 Å². The van der Waals surface area contributed by atoms with Crippen molar-refractivity contribution in [2.24, 2.45) is 0 Å². The molecule has 2 heterocycles. The van der Waals surface area contributed by atoms with Crippen LogP contribution in [-0.2, 0) is 5.41 Å². The van der Waals surface area contributed by atoms with Gasteiger partial charge in [-0.05, 0) is 35.1 Å². The highest BCUT2D eigenvalue weighted by Gasteiger charge is 2.42. The van der Waals surface area contributed by atoms with E-state index in [1.807, 2.05) is 24.3 Å². The van der Waals surface area contributed by atoms with Crippen LogP contribution in [0, 0.1) is 0 Å². The molecule has 29 heavy (non-hydrogen) atoms. The highest BCUT2D eigenvalue weighted by Crippen LogP contribution is 2.38. The molecular weight excluding hydrogens is 366 g/mol. The molecule has 0 saturated heterocycles. The minimum atomic E-state index is -0.515. The van der Waals surface area contributed by atoms with E-state index in [1.165, 1.54) is 5.56 Å². The van der Waals surface area contributed by atoms with Gasteiger partial charge in [0.2, 0.25) is 5.76 Å². The number of para-hydroxylation sites is 1. The van der Waals surface area contributed by atoms with Crippen LogP contribution in [0.4, 0.5) is 0 Å². The second kappa shape index (κ2) is 7.16.